The van der Waals surface area contributed by atoms with Gasteiger partial charge in [-0.05, 0) is 23.8 Å². The van der Waals surface area contributed by atoms with Crippen molar-refractivity contribution in [2.45, 2.75) is 0 Å². The molecule has 0 aliphatic rings. The Morgan fingerprint density at radius 1 is 1.43 bits per heavy atom. The van der Waals surface area contributed by atoms with E-state index in [1.54, 1.807) is 0 Å². The lowest BCUT2D eigenvalue weighted by atomic mass is 10.1. The van der Waals surface area contributed by atoms with E-state index in [0.29, 0.717) is 11.1 Å². The first-order valence-electron chi connectivity index (χ1n) is 3.74. The molecule has 0 aromatic heterocycles. The predicted octanol–water partition coefficient (Wildman–Crippen LogP) is 1.95. The SMILES string of the molecule is N#Cc1ccc(C=C(F)C(=O)O)cc1. The number of hydrogen-bond donors (Lipinski definition) is 1. The summed E-state index contributed by atoms with van der Waals surface area (Å²) in [5.41, 5.74) is 0.849. The second-order valence-electron chi connectivity index (χ2n) is 2.53. The van der Waals surface area contributed by atoms with Crippen molar-refractivity contribution in [1.82, 2.24) is 0 Å². The van der Waals surface area contributed by atoms with Crippen LogP contribution in [0.2, 0.25) is 0 Å². The molecule has 0 aliphatic carbocycles. The number of hydrogen-bond acceptors (Lipinski definition) is 2. The van der Waals surface area contributed by atoms with E-state index < -0.39 is 11.8 Å². The molecular weight excluding hydrogens is 185 g/mol. The lowest BCUT2D eigenvalue weighted by molar-refractivity contribution is -0.134. The average molecular weight is 191 g/mol. The Labute approximate surface area is 79.7 Å². The summed E-state index contributed by atoms with van der Waals surface area (Å²) in [7, 11) is 0. The van der Waals surface area contributed by atoms with Crippen LogP contribution in [0.5, 0.6) is 0 Å². The number of benzene rings is 1. The van der Waals surface area contributed by atoms with E-state index in [1.165, 1.54) is 24.3 Å². The summed E-state index contributed by atoms with van der Waals surface area (Å²) < 4.78 is 12.6. The van der Waals surface area contributed by atoms with Gasteiger partial charge in [0.1, 0.15) is 0 Å². The Bertz CT molecular complexity index is 415. The van der Waals surface area contributed by atoms with Crippen LogP contribution in [0.3, 0.4) is 0 Å². The molecule has 1 rings (SSSR count). The number of nitriles is 1. The normalized spacial score (nSPS) is 10.7. The van der Waals surface area contributed by atoms with Crippen LogP contribution in [-0.2, 0) is 4.79 Å². The van der Waals surface area contributed by atoms with E-state index in [0.717, 1.165) is 6.08 Å². The van der Waals surface area contributed by atoms with Crippen LogP contribution in [0.15, 0.2) is 30.1 Å². The average Bonchev–Trinajstić information content (AvgIpc) is 2.19. The van der Waals surface area contributed by atoms with Crippen LogP contribution in [0.4, 0.5) is 4.39 Å². The molecule has 0 spiro atoms. The summed E-state index contributed by atoms with van der Waals surface area (Å²) >= 11 is 0. The van der Waals surface area contributed by atoms with Crippen molar-refractivity contribution < 1.29 is 14.3 Å². The lowest BCUT2D eigenvalue weighted by Gasteiger charge is -1.93. The third-order valence-electron chi connectivity index (χ3n) is 1.54. The fourth-order valence-corrected chi connectivity index (χ4v) is 0.862. The Morgan fingerprint density at radius 2 is 2.00 bits per heavy atom. The van der Waals surface area contributed by atoms with E-state index in [4.69, 9.17) is 10.4 Å². The second kappa shape index (κ2) is 4.19. The quantitative estimate of drug-likeness (QED) is 0.726. The molecule has 1 aromatic carbocycles. The number of nitrogens with zero attached hydrogens (tertiary/aromatic N) is 1. The standard InChI is InChI=1S/C10H6FNO2/c11-9(10(13)14)5-7-1-3-8(6-12)4-2-7/h1-5H,(H,13,14). The van der Waals surface area contributed by atoms with E-state index in [-0.39, 0.29) is 0 Å². The highest BCUT2D eigenvalue weighted by atomic mass is 19.1. The summed E-state index contributed by atoms with van der Waals surface area (Å²) in [6.45, 7) is 0. The lowest BCUT2D eigenvalue weighted by Crippen LogP contribution is -1.93. The van der Waals surface area contributed by atoms with Gasteiger partial charge in [0.05, 0.1) is 11.6 Å². The minimum atomic E-state index is -1.60. The number of carboxylic acid groups (broad SMARTS) is 1. The largest absolute Gasteiger partial charge is 0.476 e. The predicted molar refractivity (Wildman–Crippen MR) is 47.9 cm³/mol. The highest BCUT2D eigenvalue weighted by Crippen LogP contribution is 2.09. The van der Waals surface area contributed by atoms with Gasteiger partial charge in [0, 0.05) is 0 Å². The Hall–Kier alpha value is -2.15. The van der Waals surface area contributed by atoms with Crippen molar-refractivity contribution in [3.8, 4) is 6.07 Å². The van der Waals surface area contributed by atoms with Crippen molar-refractivity contribution in [3.05, 3.63) is 41.2 Å². The molecule has 0 unspecified atom stereocenters. The van der Waals surface area contributed by atoms with Crippen LogP contribution < -0.4 is 0 Å². The van der Waals surface area contributed by atoms with Gasteiger partial charge in [-0.2, -0.15) is 9.65 Å². The maximum Gasteiger partial charge on any atom is 0.364 e. The molecule has 0 saturated carbocycles. The van der Waals surface area contributed by atoms with Gasteiger partial charge < -0.3 is 5.11 Å². The minimum Gasteiger partial charge on any atom is -0.476 e. The molecule has 1 N–H and O–H groups in total. The topological polar surface area (TPSA) is 61.1 Å². The number of carboxylic acids is 1. The molecule has 70 valence electrons. The van der Waals surface area contributed by atoms with Gasteiger partial charge in [0.2, 0.25) is 5.83 Å². The van der Waals surface area contributed by atoms with Gasteiger partial charge in [0.25, 0.3) is 0 Å². The molecule has 0 saturated heterocycles. The summed E-state index contributed by atoms with van der Waals surface area (Å²) in [6, 6.07) is 7.82. The Morgan fingerprint density at radius 3 is 2.43 bits per heavy atom. The third-order valence-corrected chi connectivity index (χ3v) is 1.54. The minimum absolute atomic E-state index is 0.406. The molecule has 0 amide bonds. The summed E-state index contributed by atoms with van der Waals surface area (Å²) in [4.78, 5) is 10.1. The van der Waals surface area contributed by atoms with E-state index >= 15 is 0 Å². The number of aliphatic carboxylic acids is 1. The van der Waals surface area contributed by atoms with E-state index in [1.807, 2.05) is 6.07 Å². The van der Waals surface area contributed by atoms with E-state index in [2.05, 4.69) is 0 Å². The van der Waals surface area contributed by atoms with E-state index in [9.17, 15) is 9.18 Å². The molecule has 4 heteroatoms. The maximum atomic E-state index is 12.6. The van der Waals surface area contributed by atoms with Gasteiger partial charge in [-0.3, -0.25) is 0 Å². The van der Waals surface area contributed by atoms with Gasteiger partial charge in [-0.15, -0.1) is 0 Å². The monoisotopic (exact) mass is 191 g/mol. The molecule has 0 fully saturated rings. The van der Waals surface area contributed by atoms with Gasteiger partial charge >= 0.3 is 5.97 Å². The van der Waals surface area contributed by atoms with Crippen molar-refractivity contribution in [2.75, 3.05) is 0 Å². The number of rotatable bonds is 2. The van der Waals surface area contributed by atoms with Crippen LogP contribution in [0.1, 0.15) is 11.1 Å². The van der Waals surface area contributed by atoms with Crippen molar-refractivity contribution in [1.29, 1.82) is 5.26 Å². The fourth-order valence-electron chi connectivity index (χ4n) is 0.862. The fraction of sp³-hybridized carbons (Fsp3) is 0. The third kappa shape index (κ3) is 2.42. The molecular formula is C10H6FNO2. The molecule has 0 atom stereocenters. The van der Waals surface area contributed by atoms with Crippen molar-refractivity contribution in [2.24, 2.45) is 0 Å². The smallest absolute Gasteiger partial charge is 0.364 e. The van der Waals surface area contributed by atoms with Crippen LogP contribution in [0, 0.1) is 11.3 Å². The first-order valence-corrected chi connectivity index (χ1v) is 3.74. The Kier molecular flexibility index (Phi) is 2.97. The molecule has 3 nitrogen and oxygen atoms in total. The highest BCUT2D eigenvalue weighted by Gasteiger charge is 2.04. The number of carbonyl (C=O) groups is 1. The first kappa shape index (κ1) is 9.93. The number of halogens is 1. The second-order valence-corrected chi connectivity index (χ2v) is 2.53. The molecule has 0 radical (unpaired) electrons. The molecule has 14 heavy (non-hydrogen) atoms. The summed E-state index contributed by atoms with van der Waals surface area (Å²) in [5, 5.41) is 16.7. The van der Waals surface area contributed by atoms with Gasteiger partial charge in [-0.1, -0.05) is 12.1 Å². The summed E-state index contributed by atoms with van der Waals surface area (Å²) in [6.07, 6.45) is 0.892. The van der Waals surface area contributed by atoms with Crippen LogP contribution >= 0.6 is 0 Å². The van der Waals surface area contributed by atoms with Crippen LogP contribution in [0.25, 0.3) is 6.08 Å². The zero-order chi connectivity index (χ0) is 10.6. The molecule has 0 aliphatic heterocycles. The van der Waals surface area contributed by atoms with Crippen LogP contribution in [-0.4, -0.2) is 11.1 Å². The molecule has 0 heterocycles. The first-order chi connectivity index (χ1) is 6.63. The van der Waals surface area contributed by atoms with Crippen molar-refractivity contribution in [3.63, 3.8) is 0 Å². The van der Waals surface area contributed by atoms with Crippen molar-refractivity contribution >= 4 is 12.0 Å². The van der Waals surface area contributed by atoms with Gasteiger partial charge in [-0.25, -0.2) is 4.79 Å². The summed E-state index contributed by atoms with van der Waals surface area (Å²) in [5.74, 6) is -2.83. The molecule has 0 bridgehead atoms. The highest BCUT2D eigenvalue weighted by molar-refractivity contribution is 5.89. The molecule has 1 aromatic rings. The zero-order valence-corrected chi connectivity index (χ0v) is 7.07. The zero-order valence-electron chi connectivity index (χ0n) is 7.07. The Balaban J connectivity index is 2.95. The van der Waals surface area contributed by atoms with Gasteiger partial charge in [0.15, 0.2) is 0 Å². The maximum absolute atomic E-state index is 12.6.